The summed E-state index contributed by atoms with van der Waals surface area (Å²) >= 11 is 0. The van der Waals surface area contributed by atoms with Crippen LogP contribution < -0.4 is 11.1 Å². The maximum atomic E-state index is 5.77. The van der Waals surface area contributed by atoms with Crippen molar-refractivity contribution < 1.29 is 0 Å². The lowest BCUT2D eigenvalue weighted by atomic mass is 9.93. The van der Waals surface area contributed by atoms with Gasteiger partial charge in [-0.1, -0.05) is 31.2 Å². The van der Waals surface area contributed by atoms with Crippen molar-refractivity contribution in [3.63, 3.8) is 0 Å². The minimum Gasteiger partial charge on any atom is -0.330 e. The molecule has 1 atom stereocenters. The molecule has 1 rings (SSSR count). The summed E-state index contributed by atoms with van der Waals surface area (Å²) in [6.45, 7) is 3.84. The number of rotatable bonds is 5. The highest BCUT2D eigenvalue weighted by atomic mass is 14.8. The standard InChI is InChI=1S/C12H20N2/c1-3-10-6-4-5-7-12(10)11(8-13)9-14-2/h4-7,11,14H,3,8-9,13H2,1-2H3. The van der Waals surface area contributed by atoms with Gasteiger partial charge in [0.1, 0.15) is 0 Å². The Morgan fingerprint density at radius 2 is 2.07 bits per heavy atom. The van der Waals surface area contributed by atoms with E-state index in [4.69, 9.17) is 5.73 Å². The van der Waals surface area contributed by atoms with Gasteiger partial charge in [0, 0.05) is 19.0 Å². The van der Waals surface area contributed by atoms with E-state index in [-0.39, 0.29) is 0 Å². The Hall–Kier alpha value is -0.860. The highest BCUT2D eigenvalue weighted by Crippen LogP contribution is 2.19. The van der Waals surface area contributed by atoms with Crippen LogP contribution in [0, 0.1) is 0 Å². The number of aryl methyl sites for hydroxylation is 1. The first-order chi connectivity index (χ1) is 6.83. The van der Waals surface area contributed by atoms with Crippen LogP contribution in [0.15, 0.2) is 24.3 Å². The number of nitrogens with one attached hydrogen (secondary N) is 1. The summed E-state index contributed by atoms with van der Waals surface area (Å²) in [5.74, 6) is 0.441. The van der Waals surface area contributed by atoms with E-state index in [0.29, 0.717) is 12.5 Å². The van der Waals surface area contributed by atoms with Crippen LogP contribution in [0.3, 0.4) is 0 Å². The lowest BCUT2D eigenvalue weighted by molar-refractivity contribution is 0.632. The van der Waals surface area contributed by atoms with Gasteiger partial charge in [-0.2, -0.15) is 0 Å². The van der Waals surface area contributed by atoms with Crippen molar-refractivity contribution in [2.75, 3.05) is 20.1 Å². The molecule has 0 aliphatic carbocycles. The zero-order valence-corrected chi connectivity index (χ0v) is 9.09. The van der Waals surface area contributed by atoms with Gasteiger partial charge in [-0.15, -0.1) is 0 Å². The third-order valence-electron chi connectivity index (χ3n) is 2.61. The zero-order chi connectivity index (χ0) is 10.4. The Labute approximate surface area is 86.5 Å². The predicted molar refractivity (Wildman–Crippen MR) is 61.5 cm³/mol. The van der Waals surface area contributed by atoms with Gasteiger partial charge in [0.25, 0.3) is 0 Å². The van der Waals surface area contributed by atoms with Gasteiger partial charge in [0.15, 0.2) is 0 Å². The van der Waals surface area contributed by atoms with E-state index in [1.165, 1.54) is 11.1 Å². The first-order valence-corrected chi connectivity index (χ1v) is 5.25. The third-order valence-corrected chi connectivity index (χ3v) is 2.61. The van der Waals surface area contributed by atoms with E-state index in [1.54, 1.807) is 0 Å². The molecule has 0 amide bonds. The Morgan fingerprint density at radius 3 is 2.64 bits per heavy atom. The molecule has 0 aliphatic rings. The van der Waals surface area contributed by atoms with Crippen LogP contribution in [0.25, 0.3) is 0 Å². The second-order valence-corrected chi connectivity index (χ2v) is 3.54. The first kappa shape index (κ1) is 11.2. The van der Waals surface area contributed by atoms with Gasteiger partial charge in [0.05, 0.1) is 0 Å². The molecule has 1 aromatic carbocycles. The summed E-state index contributed by atoms with van der Waals surface area (Å²) in [5.41, 5.74) is 8.58. The summed E-state index contributed by atoms with van der Waals surface area (Å²) in [6, 6.07) is 8.56. The zero-order valence-electron chi connectivity index (χ0n) is 9.09. The van der Waals surface area contributed by atoms with Gasteiger partial charge in [-0.3, -0.25) is 0 Å². The van der Waals surface area contributed by atoms with Gasteiger partial charge >= 0.3 is 0 Å². The smallest absolute Gasteiger partial charge is 0.00889 e. The topological polar surface area (TPSA) is 38.0 Å². The van der Waals surface area contributed by atoms with Crippen molar-refractivity contribution in [1.82, 2.24) is 5.32 Å². The molecule has 0 saturated heterocycles. The van der Waals surface area contributed by atoms with Crippen LogP contribution in [0.5, 0.6) is 0 Å². The minimum absolute atomic E-state index is 0.441. The average molecular weight is 192 g/mol. The largest absolute Gasteiger partial charge is 0.330 e. The third kappa shape index (κ3) is 2.56. The Bertz CT molecular complexity index is 271. The average Bonchev–Trinajstić information content (AvgIpc) is 2.26. The monoisotopic (exact) mass is 192 g/mol. The number of benzene rings is 1. The van der Waals surface area contributed by atoms with E-state index < -0.39 is 0 Å². The molecule has 0 fully saturated rings. The van der Waals surface area contributed by atoms with Crippen LogP contribution in [-0.2, 0) is 6.42 Å². The molecule has 1 unspecified atom stereocenters. The molecule has 0 spiro atoms. The van der Waals surface area contributed by atoms with E-state index in [2.05, 4.69) is 36.5 Å². The highest BCUT2D eigenvalue weighted by molar-refractivity contribution is 5.31. The number of hydrogen-bond acceptors (Lipinski definition) is 2. The van der Waals surface area contributed by atoms with Gasteiger partial charge < -0.3 is 11.1 Å². The molecule has 78 valence electrons. The van der Waals surface area contributed by atoms with Gasteiger partial charge in [-0.25, -0.2) is 0 Å². The van der Waals surface area contributed by atoms with Crippen molar-refractivity contribution in [1.29, 1.82) is 0 Å². The van der Waals surface area contributed by atoms with Crippen LogP contribution in [0.1, 0.15) is 24.0 Å². The number of nitrogens with two attached hydrogens (primary N) is 1. The molecule has 0 aromatic heterocycles. The van der Waals surface area contributed by atoms with Crippen molar-refractivity contribution in [3.05, 3.63) is 35.4 Å². The SMILES string of the molecule is CCc1ccccc1C(CN)CNC. The molecule has 0 radical (unpaired) electrons. The van der Waals surface area contributed by atoms with Gasteiger partial charge in [-0.05, 0) is 24.6 Å². The first-order valence-electron chi connectivity index (χ1n) is 5.25. The van der Waals surface area contributed by atoms with Crippen LogP contribution in [-0.4, -0.2) is 20.1 Å². The molecule has 2 heteroatoms. The van der Waals surface area contributed by atoms with E-state index in [9.17, 15) is 0 Å². The molecule has 0 aliphatic heterocycles. The van der Waals surface area contributed by atoms with Crippen molar-refractivity contribution in [2.45, 2.75) is 19.3 Å². The maximum absolute atomic E-state index is 5.77. The molecule has 0 bridgehead atoms. The molecule has 14 heavy (non-hydrogen) atoms. The van der Waals surface area contributed by atoms with Crippen molar-refractivity contribution in [3.8, 4) is 0 Å². The lowest BCUT2D eigenvalue weighted by Gasteiger charge is -2.17. The van der Waals surface area contributed by atoms with Crippen molar-refractivity contribution in [2.24, 2.45) is 5.73 Å². The fourth-order valence-corrected chi connectivity index (χ4v) is 1.82. The Balaban J connectivity index is 2.90. The lowest BCUT2D eigenvalue weighted by Crippen LogP contribution is -2.24. The van der Waals surface area contributed by atoms with Crippen molar-refractivity contribution >= 4 is 0 Å². The summed E-state index contributed by atoms with van der Waals surface area (Å²) in [5, 5.41) is 3.19. The number of hydrogen-bond donors (Lipinski definition) is 2. The summed E-state index contributed by atoms with van der Waals surface area (Å²) in [6.07, 6.45) is 1.08. The second kappa shape index (κ2) is 5.78. The van der Waals surface area contributed by atoms with E-state index in [0.717, 1.165) is 13.0 Å². The highest BCUT2D eigenvalue weighted by Gasteiger charge is 2.11. The summed E-state index contributed by atoms with van der Waals surface area (Å²) in [7, 11) is 1.97. The predicted octanol–water partition coefficient (Wildman–Crippen LogP) is 1.51. The fraction of sp³-hybridized carbons (Fsp3) is 0.500. The molecular formula is C12H20N2. The van der Waals surface area contributed by atoms with Gasteiger partial charge in [0.2, 0.25) is 0 Å². The molecule has 0 heterocycles. The normalized spacial score (nSPS) is 12.8. The molecule has 1 aromatic rings. The van der Waals surface area contributed by atoms with Crippen LogP contribution in [0.4, 0.5) is 0 Å². The Morgan fingerprint density at radius 1 is 1.36 bits per heavy atom. The van der Waals surface area contributed by atoms with E-state index >= 15 is 0 Å². The second-order valence-electron chi connectivity index (χ2n) is 3.54. The Kier molecular flexibility index (Phi) is 4.63. The summed E-state index contributed by atoms with van der Waals surface area (Å²) < 4.78 is 0. The summed E-state index contributed by atoms with van der Waals surface area (Å²) in [4.78, 5) is 0. The van der Waals surface area contributed by atoms with Crippen LogP contribution >= 0.6 is 0 Å². The quantitative estimate of drug-likeness (QED) is 0.742. The number of likely N-dealkylation sites (N-methyl/N-ethyl adjacent to an activating group) is 1. The minimum atomic E-state index is 0.441. The maximum Gasteiger partial charge on any atom is 0.00889 e. The molecule has 3 N–H and O–H groups in total. The van der Waals surface area contributed by atoms with E-state index in [1.807, 2.05) is 7.05 Å². The molecule has 0 saturated carbocycles. The molecular weight excluding hydrogens is 172 g/mol. The van der Waals surface area contributed by atoms with Crippen LogP contribution in [0.2, 0.25) is 0 Å². The molecule has 2 nitrogen and oxygen atoms in total. The fourth-order valence-electron chi connectivity index (χ4n) is 1.82.